The van der Waals surface area contributed by atoms with Crippen LogP contribution in [0, 0.1) is 29.2 Å². The second kappa shape index (κ2) is 10.6. The third kappa shape index (κ3) is 5.07. The lowest BCUT2D eigenvalue weighted by Gasteiger charge is -2.32. The largest absolute Gasteiger partial charge is 0.485 e. The number of carboxylic acid groups (broad SMARTS) is 1. The molecule has 5 rings (SSSR count). The first kappa shape index (κ1) is 26.0. The molecule has 1 fully saturated rings. The Kier molecular flexibility index (Phi) is 7.29. The Morgan fingerprint density at radius 3 is 2.24 bits per heavy atom. The molecule has 1 aliphatic carbocycles. The third-order valence-electron chi connectivity index (χ3n) is 7.00. The smallest absolute Gasteiger partial charge is 0.335 e. The van der Waals surface area contributed by atoms with Crippen molar-refractivity contribution in [3.8, 4) is 17.1 Å². The van der Waals surface area contributed by atoms with E-state index in [1.807, 2.05) is 0 Å². The standard InChI is InChI=1S/C28H23ClF4N2O3/c29-18-8-6-16(7-9-18)27-34-23-12-19(30)20(31)13-24(23)35(27)25(15-4-2-1-3-5-15)14-38-26-21(32)10-17(28(36)37)11-22(26)33/h6-13,15,25H,1-5,14H2,(H,36,37). The van der Waals surface area contributed by atoms with Crippen molar-refractivity contribution >= 4 is 28.6 Å². The summed E-state index contributed by atoms with van der Waals surface area (Å²) >= 11 is 6.07. The van der Waals surface area contributed by atoms with Gasteiger partial charge in [-0.05, 0) is 55.2 Å². The van der Waals surface area contributed by atoms with Gasteiger partial charge in [0.2, 0.25) is 0 Å². The van der Waals surface area contributed by atoms with E-state index >= 15 is 0 Å². The van der Waals surface area contributed by atoms with Crippen molar-refractivity contribution < 1.29 is 32.2 Å². The number of nitrogens with zero attached hydrogens (tertiary/aromatic N) is 2. The van der Waals surface area contributed by atoms with E-state index < -0.39 is 46.6 Å². The summed E-state index contributed by atoms with van der Waals surface area (Å²) in [5.41, 5.74) is 0.628. The summed E-state index contributed by atoms with van der Waals surface area (Å²) in [6, 6.07) is 9.73. The van der Waals surface area contributed by atoms with E-state index in [1.165, 1.54) is 0 Å². The van der Waals surface area contributed by atoms with Crippen LogP contribution in [-0.2, 0) is 0 Å². The van der Waals surface area contributed by atoms with Gasteiger partial charge in [-0.3, -0.25) is 0 Å². The van der Waals surface area contributed by atoms with Crippen LogP contribution in [0.3, 0.4) is 0 Å². The van der Waals surface area contributed by atoms with Gasteiger partial charge < -0.3 is 14.4 Å². The minimum Gasteiger partial charge on any atom is -0.485 e. The molecule has 0 bridgehead atoms. The van der Waals surface area contributed by atoms with Crippen molar-refractivity contribution in [1.29, 1.82) is 0 Å². The van der Waals surface area contributed by atoms with Gasteiger partial charge in [-0.2, -0.15) is 0 Å². The van der Waals surface area contributed by atoms with Gasteiger partial charge in [0.1, 0.15) is 12.4 Å². The van der Waals surface area contributed by atoms with E-state index in [4.69, 9.17) is 21.4 Å². The van der Waals surface area contributed by atoms with Gasteiger partial charge in [0.25, 0.3) is 0 Å². The molecule has 5 nitrogen and oxygen atoms in total. The van der Waals surface area contributed by atoms with Crippen molar-refractivity contribution in [2.24, 2.45) is 5.92 Å². The number of imidazole rings is 1. The molecule has 0 saturated heterocycles. The molecule has 3 aromatic carbocycles. The first-order valence-corrected chi connectivity index (χ1v) is 12.6. The summed E-state index contributed by atoms with van der Waals surface area (Å²) in [4.78, 5) is 15.8. The van der Waals surface area contributed by atoms with Gasteiger partial charge >= 0.3 is 5.97 Å². The molecular formula is C28H23ClF4N2O3. The number of aromatic nitrogens is 2. The SMILES string of the molecule is O=C(O)c1cc(F)c(OCC(C2CCCCC2)n2c(-c3ccc(Cl)cc3)nc3cc(F)c(F)cc32)c(F)c1. The molecule has 1 N–H and O–H groups in total. The molecule has 38 heavy (non-hydrogen) atoms. The number of fused-ring (bicyclic) bond motifs is 1. The van der Waals surface area contributed by atoms with E-state index in [0.29, 0.717) is 34.1 Å². The van der Waals surface area contributed by atoms with E-state index in [0.717, 1.165) is 44.2 Å². The number of rotatable bonds is 7. The number of aromatic carboxylic acids is 1. The predicted octanol–water partition coefficient (Wildman–Crippen LogP) is 7.81. The summed E-state index contributed by atoms with van der Waals surface area (Å²) < 4.78 is 65.4. The lowest BCUT2D eigenvalue weighted by molar-refractivity contribution is 0.0695. The van der Waals surface area contributed by atoms with Gasteiger partial charge in [-0.15, -0.1) is 0 Å². The first-order chi connectivity index (χ1) is 18.2. The van der Waals surface area contributed by atoms with Crippen molar-refractivity contribution in [2.45, 2.75) is 38.1 Å². The van der Waals surface area contributed by atoms with Crippen LogP contribution < -0.4 is 4.74 Å². The van der Waals surface area contributed by atoms with E-state index in [-0.39, 0.29) is 18.0 Å². The molecule has 1 aliphatic rings. The lowest BCUT2D eigenvalue weighted by atomic mass is 9.83. The monoisotopic (exact) mass is 546 g/mol. The molecule has 1 saturated carbocycles. The minimum absolute atomic E-state index is 0.00951. The van der Waals surface area contributed by atoms with Crippen molar-refractivity contribution in [1.82, 2.24) is 9.55 Å². The van der Waals surface area contributed by atoms with Gasteiger partial charge in [0, 0.05) is 22.7 Å². The zero-order valence-corrected chi connectivity index (χ0v) is 20.8. The number of hydrogen-bond acceptors (Lipinski definition) is 3. The van der Waals surface area contributed by atoms with Gasteiger partial charge in [-0.25, -0.2) is 27.3 Å². The second-order valence-corrected chi connectivity index (χ2v) is 9.85. The van der Waals surface area contributed by atoms with E-state index in [1.54, 1.807) is 28.8 Å². The molecule has 1 atom stereocenters. The number of benzene rings is 3. The molecule has 4 aromatic rings. The summed E-state index contributed by atoms with van der Waals surface area (Å²) in [7, 11) is 0. The van der Waals surface area contributed by atoms with E-state index in [2.05, 4.69) is 4.98 Å². The highest BCUT2D eigenvalue weighted by molar-refractivity contribution is 6.30. The Morgan fingerprint density at radius 2 is 1.61 bits per heavy atom. The average molecular weight is 547 g/mol. The fourth-order valence-corrected chi connectivity index (χ4v) is 5.29. The number of carboxylic acids is 1. The van der Waals surface area contributed by atoms with Gasteiger partial charge in [-0.1, -0.05) is 30.9 Å². The molecule has 0 amide bonds. The quantitative estimate of drug-likeness (QED) is 0.240. The van der Waals surface area contributed by atoms with Crippen LogP contribution in [0.2, 0.25) is 5.02 Å². The lowest BCUT2D eigenvalue weighted by Crippen LogP contribution is -2.28. The Hall–Kier alpha value is -3.59. The van der Waals surface area contributed by atoms with Crippen LogP contribution in [-0.4, -0.2) is 27.2 Å². The van der Waals surface area contributed by atoms with Crippen LogP contribution in [0.5, 0.6) is 5.75 Å². The average Bonchev–Trinajstić information content (AvgIpc) is 3.24. The normalized spacial score (nSPS) is 15.1. The molecule has 1 unspecified atom stereocenters. The maximum Gasteiger partial charge on any atom is 0.335 e. The first-order valence-electron chi connectivity index (χ1n) is 12.2. The van der Waals surface area contributed by atoms with Gasteiger partial charge in [0.05, 0.1) is 22.6 Å². The molecule has 10 heteroatoms. The summed E-state index contributed by atoms with van der Waals surface area (Å²) in [5, 5.41) is 9.58. The molecule has 1 heterocycles. The number of carbonyl (C=O) groups is 1. The molecule has 1 aromatic heterocycles. The van der Waals surface area contributed by atoms with Crippen LogP contribution in [0.25, 0.3) is 22.4 Å². The molecule has 198 valence electrons. The molecule has 0 spiro atoms. The Balaban J connectivity index is 1.63. The zero-order chi connectivity index (χ0) is 27.0. The highest BCUT2D eigenvalue weighted by Crippen LogP contribution is 2.39. The fraction of sp³-hybridized carbons (Fsp3) is 0.286. The van der Waals surface area contributed by atoms with E-state index in [9.17, 15) is 22.4 Å². The fourth-order valence-electron chi connectivity index (χ4n) is 5.16. The van der Waals surface area contributed by atoms with Crippen LogP contribution in [0.15, 0.2) is 48.5 Å². The third-order valence-corrected chi connectivity index (χ3v) is 7.26. The zero-order valence-electron chi connectivity index (χ0n) is 20.1. The van der Waals surface area contributed by atoms with Crippen LogP contribution >= 0.6 is 11.6 Å². The topological polar surface area (TPSA) is 64.3 Å². The predicted molar refractivity (Wildman–Crippen MR) is 135 cm³/mol. The Labute approximate surface area is 220 Å². The second-order valence-electron chi connectivity index (χ2n) is 9.42. The highest BCUT2D eigenvalue weighted by atomic mass is 35.5. The maximum atomic E-state index is 14.7. The van der Waals surface area contributed by atoms with Crippen molar-refractivity contribution in [2.75, 3.05) is 6.61 Å². The van der Waals surface area contributed by atoms with Gasteiger partial charge in [0.15, 0.2) is 29.0 Å². The number of ether oxygens (including phenoxy) is 1. The molecular weight excluding hydrogens is 524 g/mol. The van der Waals surface area contributed by atoms with Crippen LogP contribution in [0.4, 0.5) is 17.6 Å². The summed E-state index contributed by atoms with van der Waals surface area (Å²) in [6.07, 6.45) is 4.49. The van der Waals surface area contributed by atoms with Crippen molar-refractivity contribution in [3.05, 3.63) is 82.4 Å². The van der Waals surface area contributed by atoms with Crippen molar-refractivity contribution in [3.63, 3.8) is 0 Å². The van der Waals surface area contributed by atoms with Crippen LogP contribution in [0.1, 0.15) is 48.5 Å². The Morgan fingerprint density at radius 1 is 0.974 bits per heavy atom. The Bertz CT molecular complexity index is 1480. The minimum atomic E-state index is -1.47. The number of hydrogen-bond donors (Lipinski definition) is 1. The molecule has 0 radical (unpaired) electrons. The maximum absolute atomic E-state index is 14.7. The molecule has 0 aliphatic heterocycles. The number of halogens is 5. The summed E-state index contributed by atoms with van der Waals surface area (Å²) in [6.45, 7) is -0.212. The highest BCUT2D eigenvalue weighted by Gasteiger charge is 2.31. The summed E-state index contributed by atoms with van der Waals surface area (Å²) in [5.74, 6) is -6.17.